The van der Waals surface area contributed by atoms with Crippen molar-refractivity contribution >= 4 is 23.4 Å². The zero-order valence-corrected chi connectivity index (χ0v) is 16.5. The molecule has 0 aliphatic carbocycles. The Morgan fingerprint density at radius 3 is 2.69 bits per heavy atom. The Hall–Kier alpha value is -3.12. The lowest BCUT2D eigenvalue weighted by atomic mass is 10.0. The van der Waals surface area contributed by atoms with Crippen LogP contribution in [0.1, 0.15) is 33.2 Å². The number of aryl methyl sites for hydroxylation is 1. The van der Waals surface area contributed by atoms with Crippen molar-refractivity contribution in [3.05, 3.63) is 94.0 Å². The number of rotatable bonds is 5. The van der Waals surface area contributed by atoms with Crippen molar-refractivity contribution < 1.29 is 14.0 Å². The first-order valence-electron chi connectivity index (χ1n) is 9.17. The minimum absolute atomic E-state index is 0.106. The fourth-order valence-electron chi connectivity index (χ4n) is 3.60. The number of aromatic nitrogens is 1. The van der Waals surface area contributed by atoms with E-state index in [1.54, 1.807) is 24.3 Å². The molecule has 0 spiro atoms. The predicted molar refractivity (Wildman–Crippen MR) is 108 cm³/mol. The lowest BCUT2D eigenvalue weighted by Crippen LogP contribution is -2.38. The molecule has 2 amide bonds. The van der Waals surface area contributed by atoms with Gasteiger partial charge in [-0.15, -0.1) is 0 Å². The molecule has 0 radical (unpaired) electrons. The van der Waals surface area contributed by atoms with E-state index in [-0.39, 0.29) is 23.4 Å². The quantitative estimate of drug-likeness (QED) is 0.693. The van der Waals surface area contributed by atoms with Crippen LogP contribution in [-0.4, -0.2) is 21.3 Å². The summed E-state index contributed by atoms with van der Waals surface area (Å²) >= 11 is 6.16. The molecule has 2 aromatic carbocycles. The molecule has 0 fully saturated rings. The van der Waals surface area contributed by atoms with Crippen LogP contribution in [0.2, 0.25) is 5.02 Å². The van der Waals surface area contributed by atoms with Crippen LogP contribution in [0.3, 0.4) is 0 Å². The molecule has 7 heteroatoms. The molecule has 0 bridgehead atoms. The van der Waals surface area contributed by atoms with Crippen LogP contribution >= 0.6 is 11.6 Å². The van der Waals surface area contributed by atoms with E-state index in [1.807, 2.05) is 29.9 Å². The van der Waals surface area contributed by atoms with E-state index in [0.29, 0.717) is 23.2 Å². The van der Waals surface area contributed by atoms with Gasteiger partial charge in [-0.3, -0.25) is 9.59 Å². The summed E-state index contributed by atoms with van der Waals surface area (Å²) < 4.78 is 15.3. The number of carbonyl (C=O) groups is 2. The Kier molecular flexibility index (Phi) is 5.11. The molecular weight excluding hydrogens is 393 g/mol. The first-order chi connectivity index (χ1) is 14.0. The first-order valence-corrected chi connectivity index (χ1v) is 9.55. The van der Waals surface area contributed by atoms with Gasteiger partial charge in [-0.25, -0.2) is 4.39 Å². The van der Waals surface area contributed by atoms with Gasteiger partial charge >= 0.3 is 0 Å². The van der Waals surface area contributed by atoms with E-state index in [4.69, 9.17) is 11.6 Å². The lowest BCUT2D eigenvalue weighted by molar-refractivity contribution is -0.125. The van der Waals surface area contributed by atoms with Crippen molar-refractivity contribution in [2.45, 2.75) is 19.1 Å². The molecule has 0 saturated heterocycles. The summed E-state index contributed by atoms with van der Waals surface area (Å²) in [5, 5.41) is 3.14. The van der Waals surface area contributed by atoms with E-state index in [0.717, 1.165) is 5.69 Å². The molecule has 4 rings (SSSR count). The lowest BCUT2D eigenvalue weighted by Gasteiger charge is -2.25. The third-order valence-electron chi connectivity index (χ3n) is 5.16. The second kappa shape index (κ2) is 7.72. The fraction of sp³-hybridized carbons (Fsp3) is 0.182. The Morgan fingerprint density at radius 1 is 1.17 bits per heavy atom. The summed E-state index contributed by atoms with van der Waals surface area (Å²) in [6.07, 6.45) is 1.90. The highest BCUT2D eigenvalue weighted by Gasteiger charge is 2.40. The smallest absolute Gasteiger partial charge is 0.255 e. The molecule has 5 nitrogen and oxygen atoms in total. The first kappa shape index (κ1) is 19.2. The van der Waals surface area contributed by atoms with E-state index < -0.39 is 11.9 Å². The van der Waals surface area contributed by atoms with Gasteiger partial charge in [-0.1, -0.05) is 35.9 Å². The predicted octanol–water partition coefficient (Wildman–Crippen LogP) is 3.83. The van der Waals surface area contributed by atoms with Crippen molar-refractivity contribution in [2.75, 3.05) is 0 Å². The largest absolute Gasteiger partial charge is 0.353 e. The number of benzene rings is 2. The SMILES string of the molecule is Cn1cccc1CNC(=O)C1c2ccccc2C(=O)N1Cc1ccc(F)cc1Cl. The van der Waals surface area contributed by atoms with Crippen molar-refractivity contribution in [3.8, 4) is 0 Å². The molecule has 1 unspecified atom stereocenters. The average molecular weight is 412 g/mol. The number of hydrogen-bond acceptors (Lipinski definition) is 2. The zero-order chi connectivity index (χ0) is 20.5. The summed E-state index contributed by atoms with van der Waals surface area (Å²) in [7, 11) is 1.90. The number of amides is 2. The van der Waals surface area contributed by atoms with Gasteiger partial charge in [-0.2, -0.15) is 0 Å². The van der Waals surface area contributed by atoms with Gasteiger partial charge in [0.2, 0.25) is 5.91 Å². The highest BCUT2D eigenvalue weighted by atomic mass is 35.5. The van der Waals surface area contributed by atoms with Gasteiger partial charge in [0, 0.05) is 36.1 Å². The van der Waals surface area contributed by atoms with Crippen LogP contribution in [0.15, 0.2) is 60.8 Å². The van der Waals surface area contributed by atoms with Gasteiger partial charge in [0.05, 0.1) is 6.54 Å². The second-order valence-electron chi connectivity index (χ2n) is 6.99. The van der Waals surface area contributed by atoms with E-state index in [9.17, 15) is 14.0 Å². The third kappa shape index (κ3) is 3.63. The number of fused-ring (bicyclic) bond motifs is 1. The van der Waals surface area contributed by atoms with Crippen molar-refractivity contribution in [1.82, 2.24) is 14.8 Å². The Morgan fingerprint density at radius 2 is 1.97 bits per heavy atom. The molecule has 29 heavy (non-hydrogen) atoms. The number of carbonyl (C=O) groups excluding carboxylic acids is 2. The highest BCUT2D eigenvalue weighted by molar-refractivity contribution is 6.31. The molecule has 148 valence electrons. The normalized spacial score (nSPS) is 15.5. The van der Waals surface area contributed by atoms with Crippen LogP contribution in [0.5, 0.6) is 0 Å². The van der Waals surface area contributed by atoms with Crippen LogP contribution < -0.4 is 5.32 Å². The van der Waals surface area contributed by atoms with Gasteiger partial charge in [0.25, 0.3) is 5.91 Å². The summed E-state index contributed by atoms with van der Waals surface area (Å²) in [6.45, 7) is 0.454. The maximum atomic E-state index is 13.4. The van der Waals surface area contributed by atoms with Crippen LogP contribution in [0.25, 0.3) is 0 Å². The molecule has 3 aromatic rings. The Balaban J connectivity index is 1.63. The standard InChI is InChI=1S/C22H19ClFN3O2/c1-26-10-4-5-16(26)12-25-21(28)20-17-6-2-3-7-18(17)22(29)27(20)13-14-8-9-15(24)11-19(14)23/h2-11,20H,12-13H2,1H3,(H,25,28). The molecule has 1 atom stereocenters. The number of nitrogens with zero attached hydrogens (tertiary/aromatic N) is 2. The molecule has 2 heterocycles. The van der Waals surface area contributed by atoms with Crippen LogP contribution in [0, 0.1) is 5.82 Å². The molecule has 1 aliphatic rings. The van der Waals surface area contributed by atoms with Gasteiger partial charge < -0.3 is 14.8 Å². The maximum Gasteiger partial charge on any atom is 0.255 e. The molecule has 1 aliphatic heterocycles. The maximum absolute atomic E-state index is 13.4. The summed E-state index contributed by atoms with van der Waals surface area (Å²) in [4.78, 5) is 27.6. The van der Waals surface area contributed by atoms with Gasteiger partial charge in [0.15, 0.2) is 0 Å². The molecule has 1 aromatic heterocycles. The van der Waals surface area contributed by atoms with E-state index in [1.165, 1.54) is 23.1 Å². The summed E-state index contributed by atoms with van der Waals surface area (Å²) in [5.74, 6) is -0.977. The van der Waals surface area contributed by atoms with Crippen molar-refractivity contribution in [1.29, 1.82) is 0 Å². The molecular formula is C22H19ClFN3O2. The molecule has 1 N–H and O–H groups in total. The Bertz CT molecular complexity index is 1100. The van der Waals surface area contributed by atoms with Crippen molar-refractivity contribution in [3.63, 3.8) is 0 Å². The number of halogens is 2. The minimum atomic E-state index is -0.778. The number of hydrogen-bond donors (Lipinski definition) is 1. The highest BCUT2D eigenvalue weighted by Crippen LogP contribution is 2.36. The summed E-state index contributed by atoms with van der Waals surface area (Å²) in [6, 6.07) is 14.1. The summed E-state index contributed by atoms with van der Waals surface area (Å²) in [5.41, 5.74) is 2.67. The van der Waals surface area contributed by atoms with Crippen molar-refractivity contribution in [2.24, 2.45) is 7.05 Å². The second-order valence-corrected chi connectivity index (χ2v) is 7.39. The van der Waals surface area contributed by atoms with E-state index in [2.05, 4.69) is 5.32 Å². The van der Waals surface area contributed by atoms with Crippen LogP contribution in [0.4, 0.5) is 4.39 Å². The minimum Gasteiger partial charge on any atom is -0.353 e. The van der Waals surface area contributed by atoms with Gasteiger partial charge in [0.1, 0.15) is 11.9 Å². The topological polar surface area (TPSA) is 54.3 Å². The average Bonchev–Trinajstić information content (AvgIpc) is 3.23. The zero-order valence-electron chi connectivity index (χ0n) is 15.7. The number of nitrogens with one attached hydrogen (secondary N) is 1. The Labute approximate surface area is 172 Å². The van der Waals surface area contributed by atoms with Gasteiger partial charge in [-0.05, 0) is 41.5 Å². The van der Waals surface area contributed by atoms with E-state index >= 15 is 0 Å². The fourth-order valence-corrected chi connectivity index (χ4v) is 3.83. The third-order valence-corrected chi connectivity index (χ3v) is 5.51. The molecule has 0 saturated carbocycles. The monoisotopic (exact) mass is 411 g/mol. The van der Waals surface area contributed by atoms with Crippen LogP contribution in [-0.2, 0) is 24.9 Å².